The maximum atomic E-state index is 13.4. The lowest BCUT2D eigenvalue weighted by atomic mass is 10.1. The van der Waals surface area contributed by atoms with Gasteiger partial charge in [-0.15, -0.1) is 0 Å². The first-order valence-electron chi connectivity index (χ1n) is 5.50. The Morgan fingerprint density at radius 1 is 1.26 bits per heavy atom. The molecule has 0 saturated heterocycles. The summed E-state index contributed by atoms with van der Waals surface area (Å²) in [6.45, 7) is 1.79. The van der Waals surface area contributed by atoms with Gasteiger partial charge in [-0.3, -0.25) is 4.79 Å². The Kier molecular flexibility index (Phi) is 4.22. The normalized spacial score (nSPS) is 10.3. The number of benzene rings is 2. The number of nitrogens with one attached hydrogen (secondary N) is 1. The second-order valence-corrected chi connectivity index (χ2v) is 5.33. The van der Waals surface area contributed by atoms with Crippen molar-refractivity contribution in [2.75, 3.05) is 5.32 Å². The summed E-state index contributed by atoms with van der Waals surface area (Å²) in [5, 5.41) is 3.23. The molecule has 98 valence electrons. The van der Waals surface area contributed by atoms with Gasteiger partial charge in [0.25, 0.3) is 5.91 Å². The van der Waals surface area contributed by atoms with E-state index in [1.54, 1.807) is 37.3 Å². The van der Waals surface area contributed by atoms with Crippen LogP contribution in [-0.2, 0) is 0 Å². The minimum absolute atomic E-state index is 0.304. The van der Waals surface area contributed by atoms with Gasteiger partial charge in [-0.25, -0.2) is 4.39 Å². The molecule has 0 spiro atoms. The molecule has 19 heavy (non-hydrogen) atoms. The molecule has 0 aliphatic heterocycles. The van der Waals surface area contributed by atoms with Gasteiger partial charge in [0, 0.05) is 16.3 Å². The summed E-state index contributed by atoms with van der Waals surface area (Å²) in [7, 11) is 0. The zero-order valence-electron chi connectivity index (χ0n) is 10.0. The van der Waals surface area contributed by atoms with Crippen molar-refractivity contribution in [3.8, 4) is 0 Å². The van der Waals surface area contributed by atoms with Gasteiger partial charge >= 0.3 is 0 Å². The molecule has 2 nitrogen and oxygen atoms in total. The van der Waals surface area contributed by atoms with E-state index in [0.29, 0.717) is 20.7 Å². The lowest BCUT2D eigenvalue weighted by Gasteiger charge is -2.09. The first-order chi connectivity index (χ1) is 8.97. The average molecular weight is 343 g/mol. The van der Waals surface area contributed by atoms with Crippen molar-refractivity contribution in [3.05, 3.63) is 62.8 Å². The van der Waals surface area contributed by atoms with E-state index in [1.807, 2.05) is 0 Å². The van der Waals surface area contributed by atoms with E-state index in [0.717, 1.165) is 5.56 Å². The Morgan fingerprint density at radius 3 is 2.53 bits per heavy atom. The van der Waals surface area contributed by atoms with Crippen molar-refractivity contribution in [2.45, 2.75) is 6.92 Å². The van der Waals surface area contributed by atoms with Crippen molar-refractivity contribution in [1.82, 2.24) is 0 Å². The highest BCUT2D eigenvalue weighted by molar-refractivity contribution is 9.10. The molecule has 0 bridgehead atoms. The summed E-state index contributed by atoms with van der Waals surface area (Å²) in [4.78, 5) is 12.0. The fraction of sp³-hybridized carbons (Fsp3) is 0.0714. The monoisotopic (exact) mass is 341 g/mol. The van der Waals surface area contributed by atoms with Crippen LogP contribution in [0, 0.1) is 12.7 Å². The molecule has 1 N–H and O–H groups in total. The molecular formula is C14H10BrClFNO. The number of anilines is 1. The van der Waals surface area contributed by atoms with Gasteiger partial charge in [0.05, 0.1) is 4.47 Å². The zero-order chi connectivity index (χ0) is 14.0. The number of amides is 1. The Morgan fingerprint density at radius 2 is 1.89 bits per heavy atom. The molecule has 5 heteroatoms. The number of halogens is 3. The second-order valence-electron chi connectivity index (χ2n) is 4.04. The molecule has 0 saturated carbocycles. The van der Waals surface area contributed by atoms with Gasteiger partial charge in [0.15, 0.2) is 0 Å². The van der Waals surface area contributed by atoms with Crippen molar-refractivity contribution in [1.29, 1.82) is 0 Å². The van der Waals surface area contributed by atoms with Crippen LogP contribution in [0.15, 0.2) is 40.9 Å². The van der Waals surface area contributed by atoms with Crippen LogP contribution in [0.2, 0.25) is 5.02 Å². The molecule has 1 amide bonds. The fourth-order valence-corrected chi connectivity index (χ4v) is 2.16. The highest BCUT2D eigenvalue weighted by Crippen LogP contribution is 2.24. The van der Waals surface area contributed by atoms with E-state index in [1.165, 1.54) is 6.07 Å². The van der Waals surface area contributed by atoms with Gasteiger partial charge in [0.2, 0.25) is 0 Å². The number of hydrogen-bond acceptors (Lipinski definition) is 1. The number of rotatable bonds is 2. The third-order valence-corrected chi connectivity index (χ3v) is 3.48. The first kappa shape index (κ1) is 14.0. The van der Waals surface area contributed by atoms with Gasteiger partial charge in [0.1, 0.15) is 5.82 Å². The van der Waals surface area contributed by atoms with Crippen LogP contribution in [0.3, 0.4) is 0 Å². The molecule has 0 unspecified atom stereocenters. The van der Waals surface area contributed by atoms with Crippen LogP contribution >= 0.6 is 27.5 Å². The van der Waals surface area contributed by atoms with E-state index in [-0.39, 0.29) is 5.91 Å². The molecule has 0 aliphatic rings. The van der Waals surface area contributed by atoms with E-state index < -0.39 is 5.82 Å². The van der Waals surface area contributed by atoms with Gasteiger partial charge < -0.3 is 5.32 Å². The summed E-state index contributed by atoms with van der Waals surface area (Å²) < 4.78 is 13.8. The maximum absolute atomic E-state index is 13.4. The van der Waals surface area contributed by atoms with Crippen molar-refractivity contribution >= 4 is 39.1 Å². The van der Waals surface area contributed by atoms with E-state index >= 15 is 0 Å². The molecule has 2 aromatic carbocycles. The van der Waals surface area contributed by atoms with Crippen LogP contribution in [0.25, 0.3) is 0 Å². The van der Waals surface area contributed by atoms with E-state index in [4.69, 9.17) is 11.6 Å². The number of hydrogen-bond donors (Lipinski definition) is 1. The SMILES string of the molecule is Cc1cc(Br)c(F)cc1NC(=O)c1ccc(Cl)cc1. The van der Waals surface area contributed by atoms with Crippen molar-refractivity contribution < 1.29 is 9.18 Å². The average Bonchev–Trinajstić information content (AvgIpc) is 2.36. The first-order valence-corrected chi connectivity index (χ1v) is 6.67. The number of carbonyl (C=O) groups excluding carboxylic acids is 1. The summed E-state index contributed by atoms with van der Waals surface area (Å²) in [6, 6.07) is 9.39. The summed E-state index contributed by atoms with van der Waals surface area (Å²) >= 11 is 8.85. The quantitative estimate of drug-likeness (QED) is 0.834. The summed E-state index contributed by atoms with van der Waals surface area (Å²) in [6.07, 6.45) is 0. The molecule has 0 heterocycles. The molecular weight excluding hydrogens is 333 g/mol. The fourth-order valence-electron chi connectivity index (χ4n) is 1.58. The highest BCUT2D eigenvalue weighted by Gasteiger charge is 2.10. The van der Waals surface area contributed by atoms with Gasteiger partial charge in [-0.2, -0.15) is 0 Å². The predicted molar refractivity (Wildman–Crippen MR) is 78.2 cm³/mol. The minimum atomic E-state index is -0.419. The molecule has 0 aliphatic carbocycles. The third kappa shape index (κ3) is 3.33. The third-order valence-electron chi connectivity index (χ3n) is 2.62. The summed E-state index contributed by atoms with van der Waals surface area (Å²) in [5.74, 6) is -0.724. The number of carbonyl (C=O) groups is 1. The Bertz CT molecular complexity index is 628. The van der Waals surface area contributed by atoms with Crippen LogP contribution in [0.1, 0.15) is 15.9 Å². The predicted octanol–water partition coefficient (Wildman–Crippen LogP) is 4.80. The Balaban J connectivity index is 2.24. The van der Waals surface area contributed by atoms with Crippen LogP contribution in [0.5, 0.6) is 0 Å². The van der Waals surface area contributed by atoms with Crippen molar-refractivity contribution in [2.24, 2.45) is 0 Å². The van der Waals surface area contributed by atoms with E-state index in [2.05, 4.69) is 21.2 Å². The maximum Gasteiger partial charge on any atom is 0.255 e. The lowest BCUT2D eigenvalue weighted by molar-refractivity contribution is 0.102. The van der Waals surface area contributed by atoms with E-state index in [9.17, 15) is 9.18 Å². The molecule has 0 fully saturated rings. The van der Waals surface area contributed by atoms with Crippen LogP contribution < -0.4 is 5.32 Å². The minimum Gasteiger partial charge on any atom is -0.322 e. The highest BCUT2D eigenvalue weighted by atomic mass is 79.9. The van der Waals surface area contributed by atoms with Crippen molar-refractivity contribution in [3.63, 3.8) is 0 Å². The number of aryl methyl sites for hydroxylation is 1. The van der Waals surface area contributed by atoms with Gasteiger partial charge in [-0.1, -0.05) is 11.6 Å². The molecule has 0 radical (unpaired) electrons. The topological polar surface area (TPSA) is 29.1 Å². The zero-order valence-corrected chi connectivity index (χ0v) is 12.3. The molecule has 2 rings (SSSR count). The largest absolute Gasteiger partial charge is 0.322 e. The molecule has 0 atom stereocenters. The second kappa shape index (κ2) is 5.72. The molecule has 2 aromatic rings. The smallest absolute Gasteiger partial charge is 0.255 e. The van der Waals surface area contributed by atoms with Crippen LogP contribution in [-0.4, -0.2) is 5.91 Å². The Labute approximate surface area is 123 Å². The van der Waals surface area contributed by atoms with Gasteiger partial charge in [-0.05, 0) is 64.8 Å². The molecule has 0 aromatic heterocycles. The standard InChI is InChI=1S/C14H10BrClFNO/c1-8-6-11(15)12(17)7-13(8)18-14(19)9-2-4-10(16)5-3-9/h2-7H,1H3,(H,18,19). The Hall–Kier alpha value is -1.39. The van der Waals surface area contributed by atoms with Crippen LogP contribution in [0.4, 0.5) is 10.1 Å². The lowest BCUT2D eigenvalue weighted by Crippen LogP contribution is -2.12. The summed E-state index contributed by atoms with van der Waals surface area (Å²) in [5.41, 5.74) is 1.68.